The van der Waals surface area contributed by atoms with E-state index in [1.165, 1.54) is 12.5 Å². The molecule has 0 spiro atoms. The maximum Gasteiger partial charge on any atom is 0.127 e. The number of hydrogen-bond acceptors (Lipinski definition) is 1. The second-order valence-corrected chi connectivity index (χ2v) is 8.41. The molecule has 3 atom stereocenters. The molecular weight excluding hydrogens is 319 g/mol. The van der Waals surface area contributed by atoms with Crippen molar-refractivity contribution in [2.75, 3.05) is 0 Å². The minimum atomic E-state index is -0.822. The molecule has 1 N–H and O–H groups in total. The summed E-state index contributed by atoms with van der Waals surface area (Å²) in [6.07, 6.45) is 3.71. The highest BCUT2D eigenvalue weighted by Crippen LogP contribution is 2.68. The molecule has 0 aliphatic heterocycles. The van der Waals surface area contributed by atoms with Gasteiger partial charge in [0, 0.05) is 10.9 Å². The van der Waals surface area contributed by atoms with Crippen LogP contribution in [0.25, 0.3) is 0 Å². The minimum absolute atomic E-state index is 0.0827. The molecule has 0 radical (unpaired) electrons. The van der Waals surface area contributed by atoms with Gasteiger partial charge in [0.2, 0.25) is 0 Å². The van der Waals surface area contributed by atoms with Gasteiger partial charge >= 0.3 is 0 Å². The molecular formula is C17H22BrFO. The van der Waals surface area contributed by atoms with E-state index in [4.69, 9.17) is 0 Å². The summed E-state index contributed by atoms with van der Waals surface area (Å²) in [6, 6.07) is 5.13. The normalized spacial score (nSPS) is 38.4. The maximum atomic E-state index is 14.2. The molecule has 1 aromatic carbocycles. The van der Waals surface area contributed by atoms with Gasteiger partial charge in [0.1, 0.15) is 5.82 Å². The van der Waals surface area contributed by atoms with Crippen LogP contribution in [-0.2, 0) is 6.42 Å². The lowest BCUT2D eigenvalue weighted by molar-refractivity contribution is -0.142. The van der Waals surface area contributed by atoms with Crippen LogP contribution >= 0.6 is 15.9 Å². The van der Waals surface area contributed by atoms with Gasteiger partial charge < -0.3 is 5.11 Å². The van der Waals surface area contributed by atoms with E-state index < -0.39 is 5.60 Å². The lowest BCUT2D eigenvalue weighted by Gasteiger charge is -2.51. The second-order valence-electron chi connectivity index (χ2n) is 7.49. The molecule has 2 saturated carbocycles. The van der Waals surface area contributed by atoms with Gasteiger partial charge in [-0.25, -0.2) is 4.39 Å². The Balaban J connectivity index is 2.00. The highest BCUT2D eigenvalue weighted by molar-refractivity contribution is 9.10. The van der Waals surface area contributed by atoms with E-state index in [-0.39, 0.29) is 16.6 Å². The molecule has 3 rings (SSSR count). The average Bonchev–Trinajstić information content (AvgIpc) is 2.81. The number of fused-ring (bicyclic) bond motifs is 2. The first-order valence-electron chi connectivity index (χ1n) is 7.36. The van der Waals surface area contributed by atoms with Crippen LogP contribution in [0.15, 0.2) is 22.7 Å². The summed E-state index contributed by atoms with van der Waals surface area (Å²) in [7, 11) is 0. The lowest BCUT2D eigenvalue weighted by atomic mass is 9.58. The van der Waals surface area contributed by atoms with Gasteiger partial charge in [-0.1, -0.05) is 42.8 Å². The summed E-state index contributed by atoms with van der Waals surface area (Å²) >= 11 is 3.29. The monoisotopic (exact) mass is 340 g/mol. The van der Waals surface area contributed by atoms with E-state index in [1.54, 1.807) is 6.07 Å². The zero-order chi connectivity index (χ0) is 14.8. The summed E-state index contributed by atoms with van der Waals surface area (Å²) in [6.45, 7) is 6.48. The minimum Gasteiger partial charge on any atom is -0.388 e. The third-order valence-electron chi connectivity index (χ3n) is 6.29. The summed E-state index contributed by atoms with van der Waals surface area (Å²) in [5, 5.41) is 11.4. The van der Waals surface area contributed by atoms with Crippen molar-refractivity contribution in [3.8, 4) is 0 Å². The molecule has 2 bridgehead atoms. The molecule has 0 amide bonds. The van der Waals surface area contributed by atoms with Gasteiger partial charge in [0.25, 0.3) is 0 Å². The van der Waals surface area contributed by atoms with Crippen molar-refractivity contribution >= 4 is 15.9 Å². The topological polar surface area (TPSA) is 20.2 Å². The van der Waals surface area contributed by atoms with Gasteiger partial charge in [-0.05, 0) is 53.7 Å². The zero-order valence-corrected chi connectivity index (χ0v) is 13.9. The number of halogens is 2. The van der Waals surface area contributed by atoms with E-state index in [0.717, 1.165) is 17.3 Å². The summed E-state index contributed by atoms with van der Waals surface area (Å²) in [4.78, 5) is 0. The maximum absolute atomic E-state index is 14.2. The van der Waals surface area contributed by atoms with Gasteiger partial charge in [0.15, 0.2) is 0 Å². The number of aliphatic hydroxyl groups is 1. The third-order valence-corrected chi connectivity index (χ3v) is 6.78. The molecule has 2 aliphatic carbocycles. The first-order valence-corrected chi connectivity index (χ1v) is 8.15. The molecule has 2 aliphatic rings. The summed E-state index contributed by atoms with van der Waals surface area (Å²) < 4.78 is 14.9. The first kappa shape index (κ1) is 14.5. The molecule has 1 aromatic rings. The van der Waals surface area contributed by atoms with Crippen LogP contribution in [0.5, 0.6) is 0 Å². The van der Waals surface area contributed by atoms with E-state index in [0.29, 0.717) is 17.9 Å². The second kappa shape index (κ2) is 4.30. The Hall–Kier alpha value is -0.410. The molecule has 20 heavy (non-hydrogen) atoms. The molecule has 0 heterocycles. The van der Waals surface area contributed by atoms with E-state index in [2.05, 4.69) is 36.7 Å². The Morgan fingerprint density at radius 2 is 2.05 bits per heavy atom. The lowest BCUT2D eigenvalue weighted by Crippen LogP contribution is -2.55. The van der Waals surface area contributed by atoms with Crippen LogP contribution in [0.3, 0.4) is 0 Å². The molecule has 0 aromatic heterocycles. The number of hydrogen-bond donors (Lipinski definition) is 1. The van der Waals surface area contributed by atoms with Crippen molar-refractivity contribution in [1.29, 1.82) is 0 Å². The molecule has 3 heteroatoms. The molecule has 0 saturated heterocycles. The van der Waals surface area contributed by atoms with Crippen LogP contribution in [-0.4, -0.2) is 10.7 Å². The Bertz CT molecular complexity index is 549. The average molecular weight is 341 g/mol. The third kappa shape index (κ3) is 1.75. The fourth-order valence-electron chi connectivity index (χ4n) is 4.73. The van der Waals surface area contributed by atoms with Crippen LogP contribution in [0.1, 0.15) is 45.6 Å². The molecule has 2 fully saturated rings. The van der Waals surface area contributed by atoms with Crippen LogP contribution in [0, 0.1) is 22.6 Å². The Morgan fingerprint density at radius 1 is 1.35 bits per heavy atom. The van der Waals surface area contributed by atoms with Crippen LogP contribution in [0.2, 0.25) is 0 Å². The van der Waals surface area contributed by atoms with Gasteiger partial charge in [0.05, 0.1) is 5.60 Å². The van der Waals surface area contributed by atoms with Gasteiger partial charge in [-0.3, -0.25) is 0 Å². The molecule has 110 valence electrons. The predicted molar refractivity (Wildman–Crippen MR) is 82.0 cm³/mol. The summed E-state index contributed by atoms with van der Waals surface area (Å²) in [5.74, 6) is 0.325. The van der Waals surface area contributed by atoms with E-state index in [9.17, 15) is 9.50 Å². The van der Waals surface area contributed by atoms with Crippen molar-refractivity contribution in [2.24, 2.45) is 16.7 Å². The van der Waals surface area contributed by atoms with E-state index >= 15 is 0 Å². The SMILES string of the molecule is CC12CCC(C1)C(C)(C)C2(O)Cc1ccc(Br)cc1F. The standard InChI is InChI=1S/C17H22BrFO/c1-15(2)12-6-7-16(3,10-12)17(15,20)9-11-4-5-13(18)8-14(11)19/h4-5,8,12,20H,6-7,9-10H2,1-3H3. The Labute approximate surface area is 128 Å². The predicted octanol–water partition coefficient (Wildman–Crippen LogP) is 4.71. The van der Waals surface area contributed by atoms with Gasteiger partial charge in [-0.15, -0.1) is 0 Å². The van der Waals surface area contributed by atoms with Crippen molar-refractivity contribution < 1.29 is 9.50 Å². The van der Waals surface area contributed by atoms with Crippen LogP contribution < -0.4 is 0 Å². The fourth-order valence-corrected chi connectivity index (χ4v) is 5.06. The fraction of sp³-hybridized carbons (Fsp3) is 0.647. The van der Waals surface area contributed by atoms with Crippen molar-refractivity contribution in [2.45, 2.75) is 52.1 Å². The number of rotatable bonds is 2. The van der Waals surface area contributed by atoms with Crippen molar-refractivity contribution in [3.63, 3.8) is 0 Å². The smallest absolute Gasteiger partial charge is 0.127 e. The van der Waals surface area contributed by atoms with Gasteiger partial charge in [-0.2, -0.15) is 0 Å². The quantitative estimate of drug-likeness (QED) is 0.826. The highest BCUT2D eigenvalue weighted by Gasteiger charge is 2.68. The zero-order valence-electron chi connectivity index (χ0n) is 12.3. The largest absolute Gasteiger partial charge is 0.388 e. The Kier molecular flexibility index (Phi) is 3.12. The number of benzene rings is 1. The summed E-state index contributed by atoms with van der Waals surface area (Å²) in [5.41, 5.74) is -0.435. The van der Waals surface area contributed by atoms with Crippen molar-refractivity contribution in [3.05, 3.63) is 34.1 Å². The first-order chi connectivity index (χ1) is 9.20. The Morgan fingerprint density at radius 3 is 2.60 bits per heavy atom. The highest BCUT2D eigenvalue weighted by atomic mass is 79.9. The van der Waals surface area contributed by atoms with E-state index in [1.807, 2.05) is 6.07 Å². The van der Waals surface area contributed by atoms with Crippen LogP contribution in [0.4, 0.5) is 4.39 Å². The van der Waals surface area contributed by atoms with Crippen molar-refractivity contribution in [1.82, 2.24) is 0 Å². The molecule has 1 nitrogen and oxygen atoms in total. The molecule has 3 unspecified atom stereocenters.